The summed E-state index contributed by atoms with van der Waals surface area (Å²) < 4.78 is 11.0. The summed E-state index contributed by atoms with van der Waals surface area (Å²) in [5, 5.41) is 2.68. The molecule has 2 aromatic rings. The second-order valence-electron chi connectivity index (χ2n) is 7.12. The van der Waals surface area contributed by atoms with Crippen molar-refractivity contribution >= 4 is 19.2 Å². The molecule has 0 amide bonds. The number of piperidine rings is 1. The van der Waals surface area contributed by atoms with Crippen LogP contribution in [0.1, 0.15) is 36.0 Å². The molecule has 1 unspecified atom stereocenters. The number of aryl methyl sites for hydroxylation is 2. The highest BCUT2D eigenvalue weighted by molar-refractivity contribution is 7.55. The summed E-state index contributed by atoms with van der Waals surface area (Å²) in [7, 11) is 2.26. The topological polar surface area (TPSA) is 21.7 Å². The Bertz CT molecular complexity index is 726. The van der Waals surface area contributed by atoms with E-state index in [1.807, 2.05) is 0 Å². The lowest BCUT2D eigenvalue weighted by atomic mass is 10.1. The molecule has 0 radical (unpaired) electrons. The fourth-order valence-electron chi connectivity index (χ4n) is 3.54. The molecule has 1 atom stereocenters. The second kappa shape index (κ2) is 9.50. The molecule has 0 aliphatic carbocycles. The number of methoxy groups -OCH3 is 1. The SMILES string of the molecule is COCOc1c(C)cccc1Pc1ccc(C)cc1CN1CCCCC1. The van der Waals surface area contributed by atoms with E-state index in [0.29, 0.717) is 8.58 Å². The minimum Gasteiger partial charge on any atom is -0.467 e. The van der Waals surface area contributed by atoms with Gasteiger partial charge in [-0.3, -0.25) is 4.90 Å². The van der Waals surface area contributed by atoms with Crippen molar-refractivity contribution < 1.29 is 9.47 Å². The second-order valence-corrected chi connectivity index (χ2v) is 8.45. The van der Waals surface area contributed by atoms with Crippen molar-refractivity contribution in [3.8, 4) is 5.75 Å². The van der Waals surface area contributed by atoms with E-state index in [1.165, 1.54) is 54.1 Å². The van der Waals surface area contributed by atoms with Crippen LogP contribution >= 0.6 is 8.58 Å². The van der Waals surface area contributed by atoms with Crippen LogP contribution in [-0.2, 0) is 11.3 Å². The highest BCUT2D eigenvalue weighted by Gasteiger charge is 2.15. The molecule has 140 valence electrons. The molecule has 0 N–H and O–H groups in total. The predicted molar refractivity (Wildman–Crippen MR) is 112 cm³/mol. The van der Waals surface area contributed by atoms with Gasteiger partial charge in [-0.05, 0) is 56.2 Å². The summed E-state index contributed by atoms with van der Waals surface area (Å²) in [4.78, 5) is 2.60. The molecule has 0 aromatic heterocycles. The quantitative estimate of drug-likeness (QED) is 0.544. The van der Waals surface area contributed by atoms with E-state index in [4.69, 9.17) is 9.47 Å². The van der Waals surface area contributed by atoms with Gasteiger partial charge in [0.15, 0.2) is 6.79 Å². The maximum atomic E-state index is 5.88. The number of nitrogens with zero attached hydrogens (tertiary/aromatic N) is 1. The number of benzene rings is 2. The lowest BCUT2D eigenvalue weighted by molar-refractivity contribution is 0.0514. The minimum atomic E-state index is 0.289. The number of hydrogen-bond acceptors (Lipinski definition) is 3. The molecule has 2 aromatic carbocycles. The van der Waals surface area contributed by atoms with Crippen LogP contribution in [0.5, 0.6) is 5.75 Å². The maximum Gasteiger partial charge on any atom is 0.188 e. The Labute approximate surface area is 159 Å². The minimum absolute atomic E-state index is 0.289. The highest BCUT2D eigenvalue weighted by Crippen LogP contribution is 2.25. The zero-order valence-electron chi connectivity index (χ0n) is 16.2. The van der Waals surface area contributed by atoms with Crippen molar-refractivity contribution in [2.45, 2.75) is 39.7 Å². The summed E-state index contributed by atoms with van der Waals surface area (Å²) in [6.45, 7) is 8.09. The van der Waals surface area contributed by atoms with E-state index in [0.717, 1.165) is 17.9 Å². The van der Waals surface area contributed by atoms with Crippen molar-refractivity contribution in [2.75, 3.05) is 27.0 Å². The molecule has 4 heteroatoms. The van der Waals surface area contributed by atoms with Gasteiger partial charge in [0.25, 0.3) is 0 Å². The number of likely N-dealkylation sites (tertiary alicyclic amines) is 1. The van der Waals surface area contributed by atoms with Crippen molar-refractivity contribution in [1.29, 1.82) is 0 Å². The Morgan fingerprint density at radius 3 is 2.58 bits per heavy atom. The van der Waals surface area contributed by atoms with Crippen LogP contribution in [0.3, 0.4) is 0 Å². The molecule has 0 saturated carbocycles. The van der Waals surface area contributed by atoms with Crippen LogP contribution in [0.4, 0.5) is 0 Å². The van der Waals surface area contributed by atoms with Crippen LogP contribution < -0.4 is 15.3 Å². The first-order valence-corrected chi connectivity index (χ1v) is 10.5. The smallest absolute Gasteiger partial charge is 0.188 e. The maximum absolute atomic E-state index is 5.88. The van der Waals surface area contributed by atoms with Crippen LogP contribution in [-0.4, -0.2) is 31.9 Å². The number of para-hydroxylation sites is 1. The summed E-state index contributed by atoms with van der Waals surface area (Å²) in [6.07, 6.45) is 4.04. The third-order valence-electron chi connectivity index (χ3n) is 4.91. The van der Waals surface area contributed by atoms with Gasteiger partial charge in [0.05, 0.1) is 0 Å². The van der Waals surface area contributed by atoms with E-state index >= 15 is 0 Å². The number of ether oxygens (including phenoxy) is 2. The summed E-state index contributed by atoms with van der Waals surface area (Å²) in [5.74, 6) is 0.970. The molecular formula is C22H30NO2P. The van der Waals surface area contributed by atoms with Gasteiger partial charge in [-0.15, -0.1) is 0 Å². The van der Waals surface area contributed by atoms with Crippen LogP contribution in [0.25, 0.3) is 0 Å². The van der Waals surface area contributed by atoms with Gasteiger partial charge in [0.2, 0.25) is 0 Å². The first-order chi connectivity index (χ1) is 12.7. The molecule has 1 heterocycles. The molecule has 1 fully saturated rings. The molecule has 0 bridgehead atoms. The van der Waals surface area contributed by atoms with Gasteiger partial charge in [0.1, 0.15) is 5.75 Å². The molecular weight excluding hydrogens is 341 g/mol. The first-order valence-electron chi connectivity index (χ1n) is 9.47. The third kappa shape index (κ3) is 5.07. The van der Waals surface area contributed by atoms with Crippen LogP contribution in [0.2, 0.25) is 0 Å². The predicted octanol–water partition coefficient (Wildman–Crippen LogP) is 3.90. The van der Waals surface area contributed by atoms with E-state index in [2.05, 4.69) is 55.1 Å². The lowest BCUT2D eigenvalue weighted by Gasteiger charge is -2.27. The first kappa shape index (κ1) is 19.4. The van der Waals surface area contributed by atoms with E-state index < -0.39 is 0 Å². The van der Waals surface area contributed by atoms with Gasteiger partial charge >= 0.3 is 0 Å². The lowest BCUT2D eigenvalue weighted by Crippen LogP contribution is -2.30. The summed E-state index contributed by atoms with van der Waals surface area (Å²) in [6, 6.07) is 13.3. The summed E-state index contributed by atoms with van der Waals surface area (Å²) in [5.41, 5.74) is 3.96. The molecule has 3 nitrogen and oxygen atoms in total. The van der Waals surface area contributed by atoms with E-state index in [1.54, 1.807) is 7.11 Å². The molecule has 0 spiro atoms. The Morgan fingerprint density at radius 1 is 1.00 bits per heavy atom. The molecule has 1 saturated heterocycles. The van der Waals surface area contributed by atoms with Crippen molar-refractivity contribution in [2.24, 2.45) is 0 Å². The standard InChI is InChI=1S/C22H30NO2P/c1-17-10-11-20(19(14-17)15-23-12-5-4-6-13-23)26-21-9-7-8-18(2)22(21)25-16-24-3/h7-11,14,26H,4-6,12-13,15-16H2,1-3H3. The van der Waals surface area contributed by atoms with Gasteiger partial charge in [-0.1, -0.05) is 57.0 Å². The average molecular weight is 371 g/mol. The highest BCUT2D eigenvalue weighted by atomic mass is 31.1. The van der Waals surface area contributed by atoms with Crippen molar-refractivity contribution in [3.63, 3.8) is 0 Å². The van der Waals surface area contributed by atoms with Gasteiger partial charge in [0, 0.05) is 19.0 Å². The Morgan fingerprint density at radius 2 is 1.81 bits per heavy atom. The van der Waals surface area contributed by atoms with Gasteiger partial charge < -0.3 is 9.47 Å². The van der Waals surface area contributed by atoms with Gasteiger partial charge in [-0.2, -0.15) is 0 Å². The molecule has 1 aliphatic rings. The largest absolute Gasteiger partial charge is 0.467 e. The number of rotatable bonds is 7. The van der Waals surface area contributed by atoms with E-state index in [-0.39, 0.29) is 6.79 Å². The average Bonchev–Trinajstić information content (AvgIpc) is 2.64. The van der Waals surface area contributed by atoms with Crippen LogP contribution in [0.15, 0.2) is 36.4 Å². The van der Waals surface area contributed by atoms with Gasteiger partial charge in [-0.25, -0.2) is 0 Å². The van der Waals surface area contributed by atoms with Crippen molar-refractivity contribution in [3.05, 3.63) is 53.1 Å². The van der Waals surface area contributed by atoms with E-state index in [9.17, 15) is 0 Å². The molecule has 3 rings (SSSR count). The summed E-state index contributed by atoms with van der Waals surface area (Å²) >= 11 is 0. The Kier molecular flexibility index (Phi) is 7.07. The Balaban J connectivity index is 1.84. The Hall–Kier alpha value is -1.41. The zero-order chi connectivity index (χ0) is 18.4. The molecule has 26 heavy (non-hydrogen) atoms. The van der Waals surface area contributed by atoms with Crippen LogP contribution in [0, 0.1) is 13.8 Å². The normalized spacial score (nSPS) is 15.7. The third-order valence-corrected chi connectivity index (χ3v) is 6.33. The molecule has 1 aliphatic heterocycles. The fourth-order valence-corrected chi connectivity index (χ4v) is 4.87. The zero-order valence-corrected chi connectivity index (χ0v) is 17.2. The number of hydrogen-bond donors (Lipinski definition) is 0. The fraction of sp³-hybridized carbons (Fsp3) is 0.455. The monoisotopic (exact) mass is 371 g/mol. The van der Waals surface area contributed by atoms with Crippen molar-refractivity contribution in [1.82, 2.24) is 4.90 Å².